The van der Waals surface area contributed by atoms with E-state index in [2.05, 4.69) is 26.6 Å². The van der Waals surface area contributed by atoms with Crippen molar-refractivity contribution < 1.29 is 19.4 Å². The highest BCUT2D eigenvalue weighted by Crippen LogP contribution is 2.47. The zero-order valence-corrected chi connectivity index (χ0v) is 19.2. The van der Waals surface area contributed by atoms with Crippen LogP contribution in [0.5, 0.6) is 5.75 Å². The maximum absolute atomic E-state index is 14.0. The average Bonchev–Trinajstić information content (AvgIpc) is 3.24. The van der Waals surface area contributed by atoms with Crippen LogP contribution in [-0.2, 0) is 4.79 Å². The Labute approximate surface area is 194 Å². The molecule has 1 saturated carbocycles. The number of aromatic hydroxyl groups is 1. The number of anilines is 1. The number of carbonyl (C=O) groups is 1. The van der Waals surface area contributed by atoms with Gasteiger partial charge in [0.05, 0.1) is 6.20 Å². The Bertz CT molecular complexity index is 958. The number of rotatable bonds is 4. The van der Waals surface area contributed by atoms with Gasteiger partial charge >= 0.3 is 0 Å². The molecule has 2 N–H and O–H groups in total. The van der Waals surface area contributed by atoms with Crippen LogP contribution in [0.4, 0.5) is 10.2 Å². The van der Waals surface area contributed by atoms with E-state index in [1.165, 1.54) is 51.2 Å². The number of carboxylic acid groups (broad SMARTS) is 1. The van der Waals surface area contributed by atoms with Gasteiger partial charge in [-0.2, -0.15) is 0 Å². The van der Waals surface area contributed by atoms with E-state index in [0.29, 0.717) is 11.5 Å². The first-order valence-corrected chi connectivity index (χ1v) is 11.7. The third-order valence-corrected chi connectivity index (χ3v) is 7.36. The lowest BCUT2D eigenvalue weighted by atomic mass is 9.78. The lowest BCUT2D eigenvalue weighted by molar-refractivity contribution is -0.122. The molecule has 7 nitrogen and oxygen atoms in total. The van der Waals surface area contributed by atoms with Crippen LogP contribution < -0.4 is 4.90 Å². The second-order valence-corrected chi connectivity index (χ2v) is 9.40. The van der Waals surface area contributed by atoms with Crippen molar-refractivity contribution in [2.75, 3.05) is 50.7 Å². The molecule has 3 heterocycles. The number of nitrogens with zero attached hydrogens (tertiary/aromatic N) is 4. The molecule has 1 aromatic carbocycles. The molecule has 3 fully saturated rings. The quantitative estimate of drug-likeness (QED) is 0.684. The van der Waals surface area contributed by atoms with Crippen molar-refractivity contribution in [3.63, 3.8) is 0 Å². The summed E-state index contributed by atoms with van der Waals surface area (Å²) < 4.78 is 14.0. The van der Waals surface area contributed by atoms with Crippen molar-refractivity contribution in [2.45, 2.75) is 32.2 Å². The van der Waals surface area contributed by atoms with Crippen LogP contribution in [0.15, 0.2) is 36.5 Å². The van der Waals surface area contributed by atoms with Crippen LogP contribution >= 0.6 is 0 Å². The topological polar surface area (TPSA) is 80.1 Å². The molecule has 1 unspecified atom stereocenters. The van der Waals surface area contributed by atoms with Crippen molar-refractivity contribution >= 4 is 12.3 Å². The number of phenols is 1. The number of aromatic nitrogens is 1. The summed E-state index contributed by atoms with van der Waals surface area (Å²) in [5.74, 6) is 0.635. The Morgan fingerprint density at radius 1 is 1.21 bits per heavy atom. The van der Waals surface area contributed by atoms with Crippen LogP contribution in [0.25, 0.3) is 11.1 Å². The normalized spacial score (nSPS) is 22.5. The van der Waals surface area contributed by atoms with Gasteiger partial charge in [0, 0.05) is 50.9 Å². The molecule has 5 rings (SSSR count). The fourth-order valence-corrected chi connectivity index (χ4v) is 5.77. The number of phenolic OH excluding ortho intramolecular Hbond substituents is 1. The first-order chi connectivity index (χ1) is 16.0. The van der Waals surface area contributed by atoms with Crippen molar-refractivity contribution in [1.29, 1.82) is 0 Å². The van der Waals surface area contributed by atoms with Gasteiger partial charge in [-0.25, -0.2) is 9.37 Å². The van der Waals surface area contributed by atoms with Gasteiger partial charge in [0.25, 0.3) is 6.47 Å². The standard InChI is InChI=1S/C24H31FN4O.CH2O2/c1-2-27-16-24(17-27)7-6-20(14-24)28-8-10-29(11-9-28)23-22(13-19(25)15-26-23)18-4-3-5-21(30)12-18;2-1-3/h3-5,12-13,15,20,30H,2,6-11,14,16-17H2,1H3;1H,(H,2,3). The predicted octanol–water partition coefficient (Wildman–Crippen LogP) is 3.29. The van der Waals surface area contributed by atoms with Crippen LogP contribution in [0.1, 0.15) is 26.2 Å². The second kappa shape index (κ2) is 10.1. The monoisotopic (exact) mass is 456 g/mol. The highest BCUT2D eigenvalue weighted by atomic mass is 19.1. The number of likely N-dealkylation sites (tertiary alicyclic amines) is 1. The maximum atomic E-state index is 14.0. The van der Waals surface area contributed by atoms with Crippen LogP contribution in [0.2, 0.25) is 0 Å². The summed E-state index contributed by atoms with van der Waals surface area (Å²) in [5.41, 5.74) is 2.12. The Kier molecular flexibility index (Phi) is 7.14. The number of benzene rings is 1. The predicted molar refractivity (Wildman–Crippen MR) is 126 cm³/mol. The Morgan fingerprint density at radius 3 is 2.61 bits per heavy atom. The summed E-state index contributed by atoms with van der Waals surface area (Å²) in [5, 5.41) is 16.8. The van der Waals surface area contributed by atoms with E-state index < -0.39 is 0 Å². The fraction of sp³-hybridized carbons (Fsp3) is 0.520. The molecule has 2 aliphatic heterocycles. The van der Waals surface area contributed by atoms with Crippen molar-refractivity contribution in [2.24, 2.45) is 5.41 Å². The number of hydrogen-bond acceptors (Lipinski definition) is 6. The minimum absolute atomic E-state index is 0.181. The van der Waals surface area contributed by atoms with Crippen molar-refractivity contribution in [3.05, 3.63) is 42.3 Å². The molecule has 1 aromatic heterocycles. The number of hydrogen-bond donors (Lipinski definition) is 2. The number of halogens is 1. The minimum Gasteiger partial charge on any atom is -0.508 e. The van der Waals surface area contributed by atoms with E-state index in [9.17, 15) is 9.50 Å². The SMILES string of the molecule is CCN1CC2(CCC(N3CCN(c4ncc(F)cc4-c4cccc(O)c4)CC3)C2)C1.O=CO. The molecule has 33 heavy (non-hydrogen) atoms. The van der Waals surface area contributed by atoms with E-state index in [1.54, 1.807) is 18.2 Å². The molecule has 0 bridgehead atoms. The average molecular weight is 457 g/mol. The molecule has 0 radical (unpaired) electrons. The molecular formula is C25H33FN4O3. The van der Waals surface area contributed by atoms with Gasteiger partial charge in [-0.3, -0.25) is 9.69 Å². The van der Waals surface area contributed by atoms with Crippen LogP contribution in [0, 0.1) is 11.2 Å². The van der Waals surface area contributed by atoms with Gasteiger partial charge < -0.3 is 20.0 Å². The Hall–Kier alpha value is -2.71. The third kappa shape index (κ3) is 5.12. The first-order valence-electron chi connectivity index (χ1n) is 11.7. The Balaban J connectivity index is 0.000000821. The molecule has 2 saturated heterocycles. The van der Waals surface area contributed by atoms with Gasteiger partial charge in [0.2, 0.25) is 0 Å². The van der Waals surface area contributed by atoms with Crippen LogP contribution in [-0.4, -0.2) is 83.3 Å². The van der Waals surface area contributed by atoms with Crippen molar-refractivity contribution in [3.8, 4) is 16.9 Å². The molecular weight excluding hydrogens is 423 g/mol. The molecule has 3 aliphatic rings. The minimum atomic E-state index is -0.353. The van der Waals surface area contributed by atoms with Gasteiger partial charge in [-0.05, 0) is 55.0 Å². The Morgan fingerprint density at radius 2 is 1.94 bits per heavy atom. The number of pyridine rings is 1. The lowest BCUT2D eigenvalue weighted by Gasteiger charge is -2.49. The van der Waals surface area contributed by atoms with E-state index in [0.717, 1.165) is 43.1 Å². The smallest absolute Gasteiger partial charge is 0.290 e. The van der Waals surface area contributed by atoms with E-state index in [-0.39, 0.29) is 18.0 Å². The molecule has 1 atom stereocenters. The summed E-state index contributed by atoms with van der Waals surface area (Å²) >= 11 is 0. The molecule has 2 aromatic rings. The molecule has 1 spiro atoms. The highest BCUT2D eigenvalue weighted by Gasteiger charge is 2.48. The van der Waals surface area contributed by atoms with Gasteiger partial charge in [0.1, 0.15) is 17.4 Å². The zero-order valence-electron chi connectivity index (χ0n) is 19.2. The molecule has 1 aliphatic carbocycles. The van der Waals surface area contributed by atoms with E-state index in [4.69, 9.17) is 9.90 Å². The van der Waals surface area contributed by atoms with Gasteiger partial charge in [-0.15, -0.1) is 0 Å². The van der Waals surface area contributed by atoms with Crippen molar-refractivity contribution in [1.82, 2.24) is 14.8 Å². The van der Waals surface area contributed by atoms with Gasteiger partial charge in [0.15, 0.2) is 0 Å². The first kappa shape index (κ1) is 23.4. The summed E-state index contributed by atoms with van der Waals surface area (Å²) in [6, 6.07) is 9.22. The van der Waals surface area contributed by atoms with Crippen LogP contribution in [0.3, 0.4) is 0 Å². The second-order valence-electron chi connectivity index (χ2n) is 9.40. The third-order valence-electron chi connectivity index (χ3n) is 7.36. The molecule has 8 heteroatoms. The highest BCUT2D eigenvalue weighted by molar-refractivity contribution is 5.76. The van der Waals surface area contributed by atoms with Gasteiger partial charge in [-0.1, -0.05) is 19.1 Å². The lowest BCUT2D eigenvalue weighted by Crippen LogP contribution is -2.56. The largest absolute Gasteiger partial charge is 0.508 e. The summed E-state index contributed by atoms with van der Waals surface area (Å²) in [4.78, 5) is 20.3. The number of piperazine rings is 1. The molecule has 0 amide bonds. The summed E-state index contributed by atoms with van der Waals surface area (Å²) in [6.45, 7) is 9.60. The molecule has 178 valence electrons. The summed E-state index contributed by atoms with van der Waals surface area (Å²) in [6.07, 6.45) is 5.33. The zero-order chi connectivity index (χ0) is 23.4. The summed E-state index contributed by atoms with van der Waals surface area (Å²) in [7, 11) is 0. The van der Waals surface area contributed by atoms with E-state index in [1.807, 2.05) is 6.07 Å². The maximum Gasteiger partial charge on any atom is 0.290 e. The fourth-order valence-electron chi connectivity index (χ4n) is 5.77. The van der Waals surface area contributed by atoms with E-state index >= 15 is 0 Å².